The third-order valence-electron chi connectivity index (χ3n) is 3.35. The van der Waals surface area contributed by atoms with Crippen LogP contribution in [0.5, 0.6) is 0 Å². The fraction of sp³-hybridized carbons (Fsp3) is 0.389. The molecule has 0 saturated carbocycles. The number of carbonyl (C=O) groups is 2. The molecule has 0 aliphatic heterocycles. The Morgan fingerprint density at radius 1 is 1.32 bits per heavy atom. The number of hydrogen-bond donors (Lipinski definition) is 1. The van der Waals surface area contributed by atoms with Crippen molar-refractivity contribution in [1.82, 2.24) is 4.98 Å². The first-order chi connectivity index (χ1) is 12.0. The minimum absolute atomic E-state index is 0.0692. The molecule has 2 aromatic rings. The van der Waals surface area contributed by atoms with Crippen molar-refractivity contribution >= 4 is 40.7 Å². The van der Waals surface area contributed by atoms with Crippen LogP contribution in [-0.4, -0.2) is 29.2 Å². The molecule has 134 valence electrons. The predicted octanol–water partition coefficient (Wildman–Crippen LogP) is 4.10. The van der Waals surface area contributed by atoms with Gasteiger partial charge in [-0.05, 0) is 24.5 Å². The smallest absolute Gasteiger partial charge is 0.311 e. The molecule has 1 aromatic heterocycles. The van der Waals surface area contributed by atoms with Crippen molar-refractivity contribution < 1.29 is 14.3 Å². The highest BCUT2D eigenvalue weighted by Crippen LogP contribution is 2.26. The second-order valence-electron chi connectivity index (χ2n) is 5.67. The number of aromatic nitrogens is 1. The lowest BCUT2D eigenvalue weighted by molar-refractivity contribution is -0.142. The number of benzene rings is 1. The van der Waals surface area contributed by atoms with Crippen molar-refractivity contribution in [3.05, 3.63) is 40.9 Å². The van der Waals surface area contributed by atoms with Gasteiger partial charge >= 0.3 is 5.97 Å². The molecule has 25 heavy (non-hydrogen) atoms. The zero-order chi connectivity index (χ0) is 18.2. The summed E-state index contributed by atoms with van der Waals surface area (Å²) in [6.45, 7) is 6.33. The summed E-state index contributed by atoms with van der Waals surface area (Å²) in [5.74, 6) is 0.264. The van der Waals surface area contributed by atoms with Crippen LogP contribution in [0.1, 0.15) is 37.9 Å². The number of nitrogens with one attached hydrogen (secondary N) is 1. The predicted molar refractivity (Wildman–Crippen MR) is 102 cm³/mol. The fourth-order valence-corrected chi connectivity index (χ4v) is 3.87. The van der Waals surface area contributed by atoms with E-state index in [1.807, 2.05) is 29.6 Å². The minimum atomic E-state index is -0.285. The number of amides is 1. The highest BCUT2D eigenvalue weighted by molar-refractivity contribution is 8.01. The second kappa shape index (κ2) is 9.58. The van der Waals surface area contributed by atoms with Crippen LogP contribution in [0.2, 0.25) is 0 Å². The molecule has 0 fully saturated rings. The third kappa shape index (κ3) is 6.17. The SMILES string of the molecule is CCOC(=O)Cc1csc(SCC(=O)Nc2ccccc2C(C)C)n1. The molecule has 1 heterocycles. The van der Waals surface area contributed by atoms with E-state index in [0.717, 1.165) is 15.6 Å². The van der Waals surface area contributed by atoms with Gasteiger partial charge in [-0.25, -0.2) is 4.98 Å². The molecule has 7 heteroatoms. The largest absolute Gasteiger partial charge is 0.466 e. The molecular formula is C18H22N2O3S2. The van der Waals surface area contributed by atoms with Gasteiger partial charge in [0.15, 0.2) is 4.34 Å². The van der Waals surface area contributed by atoms with Gasteiger partial charge in [-0.15, -0.1) is 11.3 Å². The zero-order valence-electron chi connectivity index (χ0n) is 14.6. The quantitative estimate of drug-likeness (QED) is 0.553. The molecule has 2 rings (SSSR count). The lowest BCUT2D eigenvalue weighted by Crippen LogP contribution is -2.15. The van der Waals surface area contributed by atoms with Gasteiger partial charge in [-0.2, -0.15) is 0 Å². The Labute approximate surface area is 156 Å². The summed E-state index contributed by atoms with van der Waals surface area (Å²) in [4.78, 5) is 28.0. The van der Waals surface area contributed by atoms with Gasteiger partial charge in [0.1, 0.15) is 0 Å². The average Bonchev–Trinajstić information content (AvgIpc) is 3.01. The maximum absolute atomic E-state index is 12.2. The van der Waals surface area contributed by atoms with Crippen LogP contribution < -0.4 is 5.32 Å². The Balaban J connectivity index is 1.86. The lowest BCUT2D eigenvalue weighted by Gasteiger charge is -2.13. The Hall–Kier alpha value is -1.86. The maximum Gasteiger partial charge on any atom is 0.311 e. The summed E-state index contributed by atoms with van der Waals surface area (Å²) in [6.07, 6.45) is 0.166. The van der Waals surface area contributed by atoms with Crippen molar-refractivity contribution in [3.8, 4) is 0 Å². The topological polar surface area (TPSA) is 68.3 Å². The zero-order valence-corrected chi connectivity index (χ0v) is 16.2. The van der Waals surface area contributed by atoms with E-state index in [1.165, 1.54) is 23.1 Å². The van der Waals surface area contributed by atoms with E-state index >= 15 is 0 Å². The Kier molecular flexibility index (Phi) is 7.46. The Morgan fingerprint density at radius 3 is 2.80 bits per heavy atom. The first kappa shape index (κ1) is 19.5. The van der Waals surface area contributed by atoms with Gasteiger partial charge in [-0.3, -0.25) is 9.59 Å². The van der Waals surface area contributed by atoms with Crippen LogP contribution in [-0.2, 0) is 20.7 Å². The molecule has 0 bridgehead atoms. The number of esters is 1. The number of carbonyl (C=O) groups excluding carboxylic acids is 2. The molecule has 5 nitrogen and oxygen atoms in total. The Morgan fingerprint density at radius 2 is 2.08 bits per heavy atom. The van der Waals surface area contributed by atoms with Crippen molar-refractivity contribution in [2.75, 3.05) is 17.7 Å². The summed E-state index contributed by atoms with van der Waals surface area (Å²) in [5.41, 5.74) is 2.65. The summed E-state index contributed by atoms with van der Waals surface area (Å²) >= 11 is 2.80. The van der Waals surface area contributed by atoms with Crippen LogP contribution in [0, 0.1) is 0 Å². The molecule has 0 aliphatic carbocycles. The molecule has 1 N–H and O–H groups in total. The number of ether oxygens (including phenoxy) is 1. The monoisotopic (exact) mass is 378 g/mol. The first-order valence-electron chi connectivity index (χ1n) is 8.11. The molecular weight excluding hydrogens is 356 g/mol. The molecule has 0 aliphatic rings. The second-order valence-corrected chi connectivity index (χ2v) is 7.75. The van der Waals surface area contributed by atoms with E-state index in [9.17, 15) is 9.59 Å². The van der Waals surface area contributed by atoms with Gasteiger partial charge in [0, 0.05) is 11.1 Å². The summed E-state index contributed by atoms with van der Waals surface area (Å²) < 4.78 is 5.67. The van der Waals surface area contributed by atoms with Crippen LogP contribution in [0.15, 0.2) is 34.0 Å². The van der Waals surface area contributed by atoms with Gasteiger partial charge in [0.25, 0.3) is 0 Å². The van der Waals surface area contributed by atoms with Crippen LogP contribution in [0.3, 0.4) is 0 Å². The van der Waals surface area contributed by atoms with Crippen LogP contribution in [0.25, 0.3) is 0 Å². The van der Waals surface area contributed by atoms with E-state index < -0.39 is 0 Å². The number of thioether (sulfide) groups is 1. The van der Waals surface area contributed by atoms with E-state index in [-0.39, 0.29) is 24.1 Å². The van der Waals surface area contributed by atoms with Crippen molar-refractivity contribution in [2.24, 2.45) is 0 Å². The first-order valence-corrected chi connectivity index (χ1v) is 9.97. The van der Waals surface area contributed by atoms with Crippen molar-refractivity contribution in [1.29, 1.82) is 0 Å². The summed E-state index contributed by atoms with van der Waals surface area (Å²) in [7, 11) is 0. The molecule has 0 unspecified atom stereocenters. The summed E-state index contributed by atoms with van der Waals surface area (Å²) in [6, 6.07) is 7.83. The molecule has 1 amide bonds. The highest BCUT2D eigenvalue weighted by Gasteiger charge is 2.12. The van der Waals surface area contributed by atoms with Gasteiger partial charge in [-0.1, -0.05) is 43.8 Å². The number of hydrogen-bond acceptors (Lipinski definition) is 6. The van der Waals surface area contributed by atoms with Gasteiger partial charge in [0.2, 0.25) is 5.91 Å². The number of nitrogens with zero attached hydrogens (tertiary/aromatic N) is 1. The van der Waals surface area contributed by atoms with E-state index in [2.05, 4.69) is 24.1 Å². The van der Waals surface area contributed by atoms with Gasteiger partial charge in [0.05, 0.1) is 24.5 Å². The number of anilines is 1. The molecule has 0 saturated heterocycles. The van der Waals surface area contributed by atoms with E-state index in [0.29, 0.717) is 18.2 Å². The lowest BCUT2D eigenvalue weighted by atomic mass is 10.0. The van der Waals surface area contributed by atoms with Crippen LogP contribution >= 0.6 is 23.1 Å². The Bertz CT molecular complexity index is 729. The number of rotatable bonds is 8. The third-order valence-corrected chi connectivity index (χ3v) is 5.41. The molecule has 0 atom stereocenters. The van der Waals surface area contributed by atoms with E-state index in [4.69, 9.17) is 4.74 Å². The minimum Gasteiger partial charge on any atom is -0.466 e. The summed E-state index contributed by atoms with van der Waals surface area (Å²) in [5, 5.41) is 4.79. The fourth-order valence-electron chi connectivity index (χ4n) is 2.22. The number of thiazole rings is 1. The molecule has 0 radical (unpaired) electrons. The molecule has 1 aromatic carbocycles. The van der Waals surface area contributed by atoms with Crippen molar-refractivity contribution in [3.63, 3.8) is 0 Å². The normalized spacial score (nSPS) is 10.7. The maximum atomic E-state index is 12.2. The molecule has 0 spiro atoms. The average molecular weight is 379 g/mol. The number of para-hydroxylation sites is 1. The standard InChI is InChI=1S/C18H22N2O3S2/c1-4-23-17(22)9-13-10-24-18(19-13)25-11-16(21)20-15-8-6-5-7-14(15)12(2)3/h5-8,10,12H,4,9,11H2,1-3H3,(H,20,21). The van der Waals surface area contributed by atoms with Crippen LogP contribution in [0.4, 0.5) is 5.69 Å². The van der Waals surface area contributed by atoms with Gasteiger partial charge < -0.3 is 10.1 Å². The van der Waals surface area contributed by atoms with E-state index in [1.54, 1.807) is 6.92 Å². The van der Waals surface area contributed by atoms with Crippen molar-refractivity contribution in [2.45, 2.75) is 37.4 Å². The highest BCUT2D eigenvalue weighted by atomic mass is 32.2.